The maximum atomic E-state index is 12.8. The molecule has 0 bridgehead atoms. The highest BCUT2D eigenvalue weighted by atomic mass is 16.2. The van der Waals surface area contributed by atoms with Gasteiger partial charge in [0, 0.05) is 5.69 Å². The van der Waals surface area contributed by atoms with Gasteiger partial charge in [-0.2, -0.15) is 0 Å². The highest BCUT2D eigenvalue weighted by Gasteiger charge is 2.26. The Morgan fingerprint density at radius 3 is 2.38 bits per heavy atom. The summed E-state index contributed by atoms with van der Waals surface area (Å²) in [5, 5.41) is 6.13. The third-order valence-corrected chi connectivity index (χ3v) is 5.55. The third-order valence-electron chi connectivity index (χ3n) is 5.55. The molecule has 2 aromatic carbocycles. The van der Waals surface area contributed by atoms with Gasteiger partial charge >= 0.3 is 0 Å². The number of carbonyl (C=O) groups excluding carboxylic acids is 2. The minimum Gasteiger partial charge on any atom is -0.344 e. The molecule has 0 fully saturated rings. The van der Waals surface area contributed by atoms with Crippen LogP contribution in [0.5, 0.6) is 0 Å². The van der Waals surface area contributed by atoms with Gasteiger partial charge in [0.1, 0.15) is 0 Å². The third kappa shape index (κ3) is 6.43. The van der Waals surface area contributed by atoms with Crippen LogP contribution in [0, 0.1) is 13.8 Å². The minimum absolute atomic E-state index is 0.00674. The lowest BCUT2D eigenvalue weighted by atomic mass is 10.0. The van der Waals surface area contributed by atoms with Crippen LogP contribution in [0.2, 0.25) is 0 Å². The normalized spacial score (nSPS) is 14.0. The summed E-state index contributed by atoms with van der Waals surface area (Å²) in [5.74, 6) is -0.131. The summed E-state index contributed by atoms with van der Waals surface area (Å²) in [5.41, 5.74) is 4.14. The molecule has 0 aliphatic carbocycles. The number of hydrogen-bond acceptors (Lipinski definition) is 2. The number of aryl methyl sites for hydroxylation is 1. The maximum Gasteiger partial charge on any atom is 0.279 e. The van der Waals surface area contributed by atoms with Crippen molar-refractivity contribution in [1.29, 1.82) is 0 Å². The molecule has 2 rings (SSSR count). The Balaban J connectivity index is 1.95. The molecule has 1 unspecified atom stereocenters. The van der Waals surface area contributed by atoms with Crippen molar-refractivity contribution < 1.29 is 14.5 Å². The zero-order chi connectivity index (χ0) is 21.4. The van der Waals surface area contributed by atoms with E-state index in [1.165, 1.54) is 0 Å². The first-order valence-corrected chi connectivity index (χ1v) is 10.4. The predicted octanol–water partition coefficient (Wildman–Crippen LogP) is 2.80. The molecule has 0 saturated heterocycles. The number of anilines is 1. The summed E-state index contributed by atoms with van der Waals surface area (Å²) in [6, 6.07) is 15.6. The van der Waals surface area contributed by atoms with Crippen LogP contribution in [-0.2, 0) is 9.59 Å². The molecule has 0 aromatic heterocycles. The van der Waals surface area contributed by atoms with E-state index in [0.29, 0.717) is 0 Å². The van der Waals surface area contributed by atoms with Crippen LogP contribution in [0.4, 0.5) is 5.69 Å². The first-order chi connectivity index (χ1) is 13.8. The van der Waals surface area contributed by atoms with Crippen LogP contribution in [0.1, 0.15) is 49.4 Å². The Morgan fingerprint density at radius 2 is 1.72 bits per heavy atom. The number of hydrogen-bond donors (Lipinski definition) is 3. The molecular weight excluding hydrogens is 362 g/mol. The monoisotopic (exact) mass is 396 g/mol. The Labute approximate surface area is 174 Å². The van der Waals surface area contributed by atoms with E-state index in [-0.39, 0.29) is 30.4 Å². The van der Waals surface area contributed by atoms with Gasteiger partial charge in [0.25, 0.3) is 11.8 Å². The molecule has 2 amide bonds. The largest absolute Gasteiger partial charge is 0.344 e. The number of quaternary nitrogens is 1. The van der Waals surface area contributed by atoms with Gasteiger partial charge in [0.15, 0.2) is 12.6 Å². The maximum absolute atomic E-state index is 12.8. The molecule has 0 saturated carbocycles. The number of rotatable bonds is 9. The van der Waals surface area contributed by atoms with E-state index in [1.807, 2.05) is 76.3 Å². The fourth-order valence-electron chi connectivity index (χ4n) is 3.30. The molecule has 29 heavy (non-hydrogen) atoms. The van der Waals surface area contributed by atoms with Crippen LogP contribution in [0.15, 0.2) is 48.5 Å². The van der Waals surface area contributed by atoms with Crippen LogP contribution in [0.25, 0.3) is 0 Å². The van der Waals surface area contributed by atoms with Gasteiger partial charge in [-0.1, -0.05) is 55.8 Å². The van der Waals surface area contributed by atoms with Gasteiger partial charge < -0.3 is 15.5 Å². The SMILES string of the molecule is CCC[C@H](NC(=O)[C@@H](C)[NH+](C)CC(=O)Nc1cccc(C)c1C)c1ccccc1. The van der Waals surface area contributed by atoms with E-state index in [9.17, 15) is 9.59 Å². The standard InChI is InChI=1S/C24H33N3O2/c1-6-11-22(20-13-8-7-9-14-20)26-24(29)19(4)27(5)16-23(28)25-21-15-10-12-17(2)18(21)3/h7-10,12-15,19,22H,6,11,16H2,1-5H3,(H,25,28)(H,26,29)/p+1/t19-,22+/m1/s1. The quantitative estimate of drug-likeness (QED) is 0.610. The highest BCUT2D eigenvalue weighted by molar-refractivity contribution is 5.92. The molecule has 5 nitrogen and oxygen atoms in total. The second kappa shape index (κ2) is 10.8. The van der Waals surface area contributed by atoms with E-state index in [1.54, 1.807) is 0 Å². The smallest absolute Gasteiger partial charge is 0.279 e. The zero-order valence-corrected chi connectivity index (χ0v) is 18.2. The molecule has 0 aliphatic rings. The molecule has 0 aliphatic heterocycles. The van der Waals surface area contributed by atoms with Crippen molar-refractivity contribution in [1.82, 2.24) is 5.32 Å². The summed E-state index contributed by atoms with van der Waals surface area (Å²) in [6.07, 6.45) is 1.86. The van der Waals surface area contributed by atoms with E-state index < -0.39 is 0 Å². The van der Waals surface area contributed by atoms with E-state index in [4.69, 9.17) is 0 Å². The molecule has 3 atom stereocenters. The van der Waals surface area contributed by atoms with Gasteiger partial charge in [-0.3, -0.25) is 9.59 Å². The molecule has 0 heterocycles. The molecule has 2 aromatic rings. The topological polar surface area (TPSA) is 62.6 Å². The van der Waals surface area contributed by atoms with Crippen molar-refractivity contribution in [2.24, 2.45) is 0 Å². The van der Waals surface area contributed by atoms with Crippen molar-refractivity contribution in [3.8, 4) is 0 Å². The summed E-state index contributed by atoms with van der Waals surface area (Å²) >= 11 is 0. The fraction of sp³-hybridized carbons (Fsp3) is 0.417. The van der Waals surface area contributed by atoms with Gasteiger partial charge in [-0.25, -0.2) is 0 Å². The van der Waals surface area contributed by atoms with E-state index >= 15 is 0 Å². The first-order valence-electron chi connectivity index (χ1n) is 10.4. The summed E-state index contributed by atoms with van der Waals surface area (Å²) < 4.78 is 0. The highest BCUT2D eigenvalue weighted by Crippen LogP contribution is 2.18. The second-order valence-electron chi connectivity index (χ2n) is 7.80. The van der Waals surface area contributed by atoms with Crippen LogP contribution >= 0.6 is 0 Å². The van der Waals surface area contributed by atoms with Gasteiger partial charge in [0.2, 0.25) is 0 Å². The average molecular weight is 397 g/mol. The summed E-state index contributed by atoms with van der Waals surface area (Å²) in [4.78, 5) is 26.2. The van der Waals surface area contributed by atoms with E-state index in [0.717, 1.165) is 40.1 Å². The Bertz CT molecular complexity index is 820. The van der Waals surface area contributed by atoms with Crippen molar-refractivity contribution >= 4 is 17.5 Å². The Kier molecular flexibility index (Phi) is 8.40. The summed E-state index contributed by atoms with van der Waals surface area (Å²) in [6.45, 7) is 8.22. The van der Waals surface area contributed by atoms with Crippen LogP contribution < -0.4 is 15.5 Å². The van der Waals surface area contributed by atoms with Crippen molar-refractivity contribution in [3.63, 3.8) is 0 Å². The molecule has 0 spiro atoms. The second-order valence-corrected chi connectivity index (χ2v) is 7.80. The van der Waals surface area contributed by atoms with E-state index in [2.05, 4.69) is 17.6 Å². The predicted molar refractivity (Wildman–Crippen MR) is 118 cm³/mol. The zero-order valence-electron chi connectivity index (χ0n) is 18.2. The molecule has 156 valence electrons. The fourth-order valence-corrected chi connectivity index (χ4v) is 3.30. The number of nitrogens with one attached hydrogen (secondary N) is 3. The average Bonchev–Trinajstić information content (AvgIpc) is 2.71. The lowest BCUT2D eigenvalue weighted by molar-refractivity contribution is -0.885. The van der Waals surface area contributed by atoms with Crippen molar-refractivity contribution in [3.05, 3.63) is 65.2 Å². The minimum atomic E-state index is -0.331. The Morgan fingerprint density at radius 1 is 1.03 bits per heavy atom. The number of amides is 2. The summed E-state index contributed by atoms with van der Waals surface area (Å²) in [7, 11) is 1.88. The van der Waals surface area contributed by atoms with Gasteiger partial charge in [-0.15, -0.1) is 0 Å². The number of likely N-dealkylation sites (N-methyl/N-ethyl adjacent to an activating group) is 1. The molecule has 5 heteroatoms. The first kappa shape index (κ1) is 22.6. The lowest BCUT2D eigenvalue weighted by Crippen LogP contribution is -3.15. The number of carbonyl (C=O) groups is 2. The Hall–Kier alpha value is -2.66. The molecule has 0 radical (unpaired) electrons. The number of benzene rings is 2. The van der Waals surface area contributed by atoms with Crippen LogP contribution in [-0.4, -0.2) is 31.4 Å². The van der Waals surface area contributed by atoms with Crippen molar-refractivity contribution in [2.75, 3.05) is 18.9 Å². The van der Waals surface area contributed by atoms with Gasteiger partial charge in [0.05, 0.1) is 13.1 Å². The lowest BCUT2D eigenvalue weighted by Gasteiger charge is -2.24. The van der Waals surface area contributed by atoms with Gasteiger partial charge in [-0.05, 0) is 49.9 Å². The van der Waals surface area contributed by atoms with Crippen molar-refractivity contribution in [2.45, 2.75) is 52.6 Å². The molecule has 3 N–H and O–H groups in total. The molecular formula is C24H34N3O2+. The van der Waals surface area contributed by atoms with Crippen LogP contribution in [0.3, 0.4) is 0 Å².